The van der Waals surface area contributed by atoms with E-state index < -0.39 is 5.97 Å². The van der Waals surface area contributed by atoms with Gasteiger partial charge in [-0.05, 0) is 80.3 Å². The van der Waals surface area contributed by atoms with Gasteiger partial charge in [-0.25, -0.2) is 23.8 Å². The number of benzene rings is 4. The molecule has 3 aromatic heterocycles. The number of carboxylic acid groups (broad SMARTS) is 1. The van der Waals surface area contributed by atoms with Gasteiger partial charge in [-0.1, -0.05) is 48.5 Å². The van der Waals surface area contributed by atoms with E-state index in [0.717, 1.165) is 64.6 Å². The first-order valence-corrected chi connectivity index (χ1v) is 16.4. The molecule has 4 aromatic carbocycles. The third-order valence-electron chi connectivity index (χ3n) is 9.64. The molecule has 1 aliphatic rings. The van der Waals surface area contributed by atoms with Crippen molar-refractivity contribution >= 4 is 45.1 Å². The molecule has 7 aromatic rings. The predicted molar refractivity (Wildman–Crippen MR) is 189 cm³/mol. The molecular weight excluding hydrogens is 617 g/mol. The van der Waals surface area contributed by atoms with Crippen LogP contribution in [0.3, 0.4) is 0 Å². The minimum absolute atomic E-state index is 0.0929. The largest absolute Gasteiger partial charge is 0.478 e. The Balaban J connectivity index is 1.09. The number of hydrogen-bond donors (Lipinski definition) is 2. The normalized spacial score (nSPS) is 16.3. The van der Waals surface area contributed by atoms with E-state index >= 15 is 0 Å². The monoisotopic (exact) mass is 651 g/mol. The summed E-state index contributed by atoms with van der Waals surface area (Å²) in [6, 6.07) is 32.6. The van der Waals surface area contributed by atoms with Crippen LogP contribution in [0.15, 0.2) is 116 Å². The maximum Gasteiger partial charge on any atom is 0.335 e. The van der Waals surface area contributed by atoms with E-state index in [0.29, 0.717) is 23.6 Å². The Kier molecular flexibility index (Phi) is 7.75. The van der Waals surface area contributed by atoms with E-state index in [-0.39, 0.29) is 23.5 Å². The zero-order valence-corrected chi connectivity index (χ0v) is 26.7. The molecule has 1 aliphatic carbocycles. The summed E-state index contributed by atoms with van der Waals surface area (Å²) >= 11 is 0. The second-order valence-corrected chi connectivity index (χ2v) is 12.6. The molecule has 10 heteroatoms. The molecule has 8 rings (SSSR count). The molecule has 0 radical (unpaired) electrons. The summed E-state index contributed by atoms with van der Waals surface area (Å²) < 4.78 is 18.5. The van der Waals surface area contributed by atoms with E-state index in [4.69, 9.17) is 10.8 Å². The number of para-hydroxylation sites is 1. The van der Waals surface area contributed by atoms with E-state index in [9.17, 15) is 14.3 Å². The van der Waals surface area contributed by atoms with Gasteiger partial charge in [-0.2, -0.15) is 5.10 Å². The third kappa shape index (κ3) is 5.65. The summed E-state index contributed by atoms with van der Waals surface area (Å²) in [4.78, 5) is 23.1. The molecule has 0 atom stereocenters. The third-order valence-corrected chi connectivity index (χ3v) is 9.64. The summed E-state index contributed by atoms with van der Waals surface area (Å²) in [7, 11) is 0. The van der Waals surface area contributed by atoms with Crippen LogP contribution in [0, 0.1) is 5.82 Å². The quantitative estimate of drug-likeness (QED) is 0.170. The number of carbonyl (C=O) groups is 1. The molecule has 1 fully saturated rings. The number of carboxylic acids is 1. The summed E-state index contributed by atoms with van der Waals surface area (Å²) in [5.41, 5.74) is 12.6. The van der Waals surface area contributed by atoms with Crippen LogP contribution in [-0.2, 0) is 6.54 Å². The number of nitrogens with two attached hydrogens (primary N) is 1. The number of aromatic nitrogens is 5. The van der Waals surface area contributed by atoms with Gasteiger partial charge in [0, 0.05) is 45.6 Å². The number of fused-ring (bicyclic) bond motifs is 2. The lowest BCUT2D eigenvalue weighted by atomic mass is 9.89. The second kappa shape index (κ2) is 12.5. The zero-order chi connectivity index (χ0) is 33.5. The second-order valence-electron chi connectivity index (χ2n) is 12.6. The molecule has 0 amide bonds. The molecule has 244 valence electrons. The van der Waals surface area contributed by atoms with E-state index in [2.05, 4.69) is 33.1 Å². The van der Waals surface area contributed by atoms with Crippen LogP contribution >= 0.6 is 0 Å². The van der Waals surface area contributed by atoms with Crippen molar-refractivity contribution in [2.45, 2.75) is 44.3 Å². The van der Waals surface area contributed by atoms with Crippen LogP contribution < -0.4 is 10.6 Å². The van der Waals surface area contributed by atoms with Gasteiger partial charge >= 0.3 is 5.97 Å². The van der Waals surface area contributed by atoms with Crippen LogP contribution in [-0.4, -0.2) is 41.4 Å². The highest BCUT2D eigenvalue weighted by molar-refractivity contribution is 6.00. The molecular formula is C39H34FN7O2. The Morgan fingerprint density at radius 3 is 2.45 bits per heavy atom. The predicted octanol–water partition coefficient (Wildman–Crippen LogP) is 8.24. The van der Waals surface area contributed by atoms with Gasteiger partial charge in [0.1, 0.15) is 23.7 Å². The minimum atomic E-state index is -0.944. The van der Waals surface area contributed by atoms with Gasteiger partial charge in [-0.15, -0.1) is 0 Å². The van der Waals surface area contributed by atoms with Crippen LogP contribution in [0.4, 0.5) is 21.6 Å². The highest BCUT2D eigenvalue weighted by Crippen LogP contribution is 2.40. The summed E-state index contributed by atoms with van der Waals surface area (Å²) in [6.45, 7) is 0.434. The summed E-state index contributed by atoms with van der Waals surface area (Å²) in [6.07, 6.45) is 6.91. The molecule has 0 spiro atoms. The molecule has 3 N–H and O–H groups in total. The van der Waals surface area contributed by atoms with E-state index in [1.807, 2.05) is 64.0 Å². The fraction of sp³-hybridized carbons (Fsp3) is 0.179. The summed E-state index contributed by atoms with van der Waals surface area (Å²) in [5.74, 6) is -0.783. The van der Waals surface area contributed by atoms with Gasteiger partial charge < -0.3 is 20.3 Å². The molecule has 0 unspecified atom stereocenters. The van der Waals surface area contributed by atoms with Crippen molar-refractivity contribution in [1.82, 2.24) is 24.3 Å². The van der Waals surface area contributed by atoms with Gasteiger partial charge in [0.05, 0.1) is 23.5 Å². The van der Waals surface area contributed by atoms with Crippen molar-refractivity contribution in [3.8, 4) is 11.3 Å². The standard InChI is InChI=1S/C39H34FN7O2/c40-33-12-5-4-7-28(33)23-45-20-19-25-21-26(13-18-34(25)45)36-35-37(41)42-24-43-38(35)47(44-36)31-16-14-30(15-17-31)46(29-9-2-1-3-10-29)32-11-6-8-27(22-32)39(48)49/h1-13,18-22,24,30-31H,14-17,23H2,(H,48,49)(H2,41,42,43). The highest BCUT2D eigenvalue weighted by atomic mass is 19.1. The van der Waals surface area contributed by atoms with Gasteiger partial charge in [0.15, 0.2) is 5.65 Å². The Morgan fingerprint density at radius 1 is 0.878 bits per heavy atom. The number of anilines is 3. The van der Waals surface area contributed by atoms with Crippen molar-refractivity contribution in [3.63, 3.8) is 0 Å². The summed E-state index contributed by atoms with van der Waals surface area (Å²) in [5, 5.41) is 16.6. The number of aromatic carboxylic acids is 1. The minimum Gasteiger partial charge on any atom is -0.478 e. The van der Waals surface area contributed by atoms with Crippen molar-refractivity contribution in [2.75, 3.05) is 10.6 Å². The molecule has 9 nitrogen and oxygen atoms in total. The molecule has 0 saturated heterocycles. The van der Waals surface area contributed by atoms with Crippen molar-refractivity contribution < 1.29 is 14.3 Å². The van der Waals surface area contributed by atoms with Crippen molar-refractivity contribution in [3.05, 3.63) is 133 Å². The van der Waals surface area contributed by atoms with Crippen LogP contribution in [0.1, 0.15) is 47.6 Å². The zero-order valence-electron chi connectivity index (χ0n) is 26.7. The first kappa shape index (κ1) is 30.3. The average molecular weight is 652 g/mol. The molecule has 0 bridgehead atoms. The van der Waals surface area contributed by atoms with Gasteiger partial charge in [0.2, 0.25) is 0 Å². The lowest BCUT2D eigenvalue weighted by molar-refractivity contribution is 0.0697. The Labute approximate surface area is 282 Å². The number of nitrogens with zero attached hydrogens (tertiary/aromatic N) is 6. The van der Waals surface area contributed by atoms with Crippen LogP contribution in [0.5, 0.6) is 0 Å². The average Bonchev–Trinajstić information content (AvgIpc) is 3.72. The Bertz CT molecular complexity index is 2310. The van der Waals surface area contributed by atoms with Crippen molar-refractivity contribution in [2.24, 2.45) is 0 Å². The van der Waals surface area contributed by atoms with Gasteiger partial charge in [0.25, 0.3) is 0 Å². The Morgan fingerprint density at radius 2 is 1.65 bits per heavy atom. The molecule has 0 aliphatic heterocycles. The lowest BCUT2D eigenvalue weighted by Gasteiger charge is -2.38. The fourth-order valence-electron chi connectivity index (χ4n) is 7.26. The van der Waals surface area contributed by atoms with Crippen LogP contribution in [0.2, 0.25) is 0 Å². The smallest absolute Gasteiger partial charge is 0.335 e. The Hall–Kier alpha value is -6.03. The van der Waals surface area contributed by atoms with Crippen LogP contribution in [0.25, 0.3) is 33.2 Å². The fourth-order valence-corrected chi connectivity index (χ4v) is 7.26. The SMILES string of the molecule is Nc1ncnc2c1c(-c1ccc3c(ccn3Cc3ccccc3F)c1)nn2C1CCC(N(c2ccccc2)c2cccc(C(=O)O)c2)CC1. The molecule has 49 heavy (non-hydrogen) atoms. The maximum atomic E-state index is 14.4. The highest BCUT2D eigenvalue weighted by Gasteiger charge is 2.31. The van der Waals surface area contributed by atoms with E-state index in [1.54, 1.807) is 30.3 Å². The number of hydrogen-bond acceptors (Lipinski definition) is 6. The number of nitrogen functional groups attached to an aromatic ring is 1. The maximum absolute atomic E-state index is 14.4. The topological polar surface area (TPSA) is 115 Å². The molecule has 1 saturated carbocycles. The van der Waals surface area contributed by atoms with Crippen molar-refractivity contribution in [1.29, 1.82) is 0 Å². The number of halogens is 1. The van der Waals surface area contributed by atoms with Gasteiger partial charge in [-0.3, -0.25) is 0 Å². The first-order valence-electron chi connectivity index (χ1n) is 16.4. The molecule has 3 heterocycles. The number of rotatable bonds is 8. The lowest BCUT2D eigenvalue weighted by Crippen LogP contribution is -2.35. The van der Waals surface area contributed by atoms with E-state index in [1.165, 1.54) is 12.4 Å². The first-order chi connectivity index (χ1) is 23.9.